The molecule has 0 heterocycles. The van der Waals surface area contributed by atoms with Crippen molar-refractivity contribution < 1.29 is 14.6 Å². The molecule has 0 aromatic heterocycles. The van der Waals surface area contributed by atoms with E-state index in [9.17, 15) is 9.90 Å². The second-order valence-corrected chi connectivity index (χ2v) is 7.67. The Kier molecular flexibility index (Phi) is 5.46. The van der Waals surface area contributed by atoms with E-state index in [1.54, 1.807) is 0 Å². The van der Waals surface area contributed by atoms with Gasteiger partial charge in [-0.3, -0.25) is 0 Å². The maximum Gasteiger partial charge on any atom is 0.407 e. The SMILES string of the molecule is O=C(NC(CO)c1ccc(Br)cc1)OCC1c2ccccc2-c2ccccc21. The molecule has 0 bridgehead atoms. The van der Waals surface area contributed by atoms with Crippen LogP contribution in [0.4, 0.5) is 4.79 Å². The number of nitrogens with one attached hydrogen (secondary N) is 1. The standard InChI is InChI=1S/C23H20BrNO3/c24-16-11-9-15(10-12-16)22(13-26)25-23(27)28-14-21-19-7-3-1-5-17(19)18-6-2-4-8-20(18)21/h1-12,21-22,26H,13-14H2,(H,25,27). The highest BCUT2D eigenvalue weighted by atomic mass is 79.9. The average molecular weight is 438 g/mol. The van der Waals surface area contributed by atoms with Crippen LogP contribution in [0.1, 0.15) is 28.7 Å². The van der Waals surface area contributed by atoms with Crippen molar-refractivity contribution in [3.63, 3.8) is 0 Å². The summed E-state index contributed by atoms with van der Waals surface area (Å²) in [5.74, 6) is 0.0124. The van der Waals surface area contributed by atoms with Crippen LogP contribution in [-0.4, -0.2) is 24.4 Å². The largest absolute Gasteiger partial charge is 0.449 e. The van der Waals surface area contributed by atoms with Gasteiger partial charge in [-0.05, 0) is 39.9 Å². The summed E-state index contributed by atoms with van der Waals surface area (Å²) >= 11 is 3.38. The molecule has 0 spiro atoms. The van der Waals surface area contributed by atoms with Gasteiger partial charge in [0.25, 0.3) is 0 Å². The fourth-order valence-corrected chi connectivity index (χ4v) is 3.98. The minimum Gasteiger partial charge on any atom is -0.449 e. The van der Waals surface area contributed by atoms with Crippen LogP contribution < -0.4 is 5.32 Å². The summed E-state index contributed by atoms with van der Waals surface area (Å²) in [4.78, 5) is 12.4. The number of aliphatic hydroxyl groups is 1. The van der Waals surface area contributed by atoms with E-state index in [0.717, 1.165) is 10.0 Å². The summed E-state index contributed by atoms with van der Waals surface area (Å²) < 4.78 is 6.49. The second kappa shape index (κ2) is 8.17. The Labute approximate surface area is 172 Å². The van der Waals surface area contributed by atoms with Gasteiger partial charge in [-0.15, -0.1) is 0 Å². The Bertz CT molecular complexity index is 942. The molecule has 5 heteroatoms. The molecule has 0 saturated carbocycles. The number of benzene rings is 3. The van der Waals surface area contributed by atoms with E-state index in [1.165, 1.54) is 22.3 Å². The van der Waals surface area contributed by atoms with Crippen molar-refractivity contribution in [2.24, 2.45) is 0 Å². The number of fused-ring (bicyclic) bond motifs is 3. The van der Waals surface area contributed by atoms with E-state index >= 15 is 0 Å². The maximum absolute atomic E-state index is 12.4. The minimum atomic E-state index is -0.538. The molecule has 0 saturated heterocycles. The summed E-state index contributed by atoms with van der Waals surface area (Å²) in [5.41, 5.74) is 5.54. The van der Waals surface area contributed by atoms with Gasteiger partial charge < -0.3 is 15.2 Å². The molecule has 1 amide bonds. The summed E-state index contributed by atoms with van der Waals surface area (Å²) in [5, 5.41) is 12.4. The molecule has 2 N–H and O–H groups in total. The molecule has 1 aliphatic rings. The fourth-order valence-electron chi connectivity index (χ4n) is 3.71. The summed E-state index contributed by atoms with van der Waals surface area (Å²) in [7, 11) is 0. The number of aliphatic hydroxyl groups excluding tert-OH is 1. The van der Waals surface area contributed by atoms with Gasteiger partial charge in [0.1, 0.15) is 6.61 Å². The fraction of sp³-hybridized carbons (Fsp3) is 0.174. The number of amides is 1. The van der Waals surface area contributed by atoms with E-state index in [4.69, 9.17) is 4.74 Å². The number of alkyl carbamates (subject to hydrolysis) is 1. The zero-order chi connectivity index (χ0) is 19.5. The molecule has 142 valence electrons. The molecule has 0 fully saturated rings. The molecule has 4 rings (SSSR count). The van der Waals surface area contributed by atoms with Gasteiger partial charge in [-0.1, -0.05) is 76.6 Å². The van der Waals surface area contributed by atoms with Crippen LogP contribution in [0.25, 0.3) is 11.1 Å². The number of ether oxygens (including phenoxy) is 1. The molecule has 4 nitrogen and oxygen atoms in total. The Balaban J connectivity index is 1.45. The smallest absolute Gasteiger partial charge is 0.407 e. The van der Waals surface area contributed by atoms with Gasteiger partial charge >= 0.3 is 6.09 Å². The van der Waals surface area contributed by atoms with Gasteiger partial charge in [0.2, 0.25) is 0 Å². The van der Waals surface area contributed by atoms with Crippen molar-refractivity contribution in [3.8, 4) is 11.1 Å². The number of hydrogen-bond acceptors (Lipinski definition) is 3. The average Bonchev–Trinajstić information content (AvgIpc) is 3.05. The topological polar surface area (TPSA) is 58.6 Å². The predicted octanol–water partition coefficient (Wildman–Crippen LogP) is 5.02. The summed E-state index contributed by atoms with van der Waals surface area (Å²) in [6.45, 7) is 0.0458. The number of halogens is 1. The van der Waals surface area contributed by atoms with Crippen molar-refractivity contribution in [1.29, 1.82) is 0 Å². The second-order valence-electron chi connectivity index (χ2n) is 6.76. The van der Waals surface area contributed by atoms with Crippen molar-refractivity contribution in [2.75, 3.05) is 13.2 Å². The van der Waals surface area contributed by atoms with E-state index in [1.807, 2.05) is 48.5 Å². The first-order chi connectivity index (χ1) is 13.7. The molecule has 28 heavy (non-hydrogen) atoms. The Morgan fingerprint density at radius 3 is 2.11 bits per heavy atom. The number of carbonyl (C=O) groups is 1. The molecule has 1 aliphatic carbocycles. The highest BCUT2D eigenvalue weighted by Gasteiger charge is 2.29. The van der Waals surface area contributed by atoms with Gasteiger partial charge in [0.05, 0.1) is 12.6 Å². The van der Waals surface area contributed by atoms with Gasteiger partial charge in [-0.25, -0.2) is 4.79 Å². The zero-order valence-electron chi connectivity index (χ0n) is 15.1. The lowest BCUT2D eigenvalue weighted by Crippen LogP contribution is -2.32. The number of hydrogen-bond donors (Lipinski definition) is 2. The summed E-state index contributed by atoms with van der Waals surface area (Å²) in [6, 6.07) is 23.4. The van der Waals surface area contributed by atoms with Crippen molar-refractivity contribution in [1.82, 2.24) is 5.32 Å². The monoisotopic (exact) mass is 437 g/mol. The molecular formula is C23H20BrNO3. The third-order valence-electron chi connectivity index (χ3n) is 5.09. The third-order valence-corrected chi connectivity index (χ3v) is 5.62. The highest BCUT2D eigenvalue weighted by molar-refractivity contribution is 9.10. The molecule has 1 unspecified atom stereocenters. The van der Waals surface area contributed by atoms with Crippen LogP contribution in [0.15, 0.2) is 77.3 Å². The maximum atomic E-state index is 12.4. The van der Waals surface area contributed by atoms with Gasteiger partial charge in [-0.2, -0.15) is 0 Å². The highest BCUT2D eigenvalue weighted by Crippen LogP contribution is 2.44. The lowest BCUT2D eigenvalue weighted by atomic mass is 9.98. The molecule has 0 aliphatic heterocycles. The molecule has 3 aromatic carbocycles. The van der Waals surface area contributed by atoms with Crippen LogP contribution in [0, 0.1) is 0 Å². The van der Waals surface area contributed by atoms with Gasteiger partial charge in [0, 0.05) is 10.4 Å². The van der Waals surface area contributed by atoms with Crippen LogP contribution in [0.5, 0.6) is 0 Å². The summed E-state index contributed by atoms with van der Waals surface area (Å²) in [6.07, 6.45) is -0.538. The first kappa shape index (κ1) is 18.7. The van der Waals surface area contributed by atoms with Crippen LogP contribution in [0.3, 0.4) is 0 Å². The van der Waals surface area contributed by atoms with Crippen LogP contribution in [-0.2, 0) is 4.74 Å². The van der Waals surface area contributed by atoms with Crippen LogP contribution in [0.2, 0.25) is 0 Å². The van der Waals surface area contributed by atoms with Crippen molar-refractivity contribution >= 4 is 22.0 Å². The van der Waals surface area contributed by atoms with E-state index in [0.29, 0.717) is 0 Å². The lowest BCUT2D eigenvalue weighted by Gasteiger charge is -2.19. The van der Waals surface area contributed by atoms with Crippen molar-refractivity contribution in [2.45, 2.75) is 12.0 Å². The Morgan fingerprint density at radius 1 is 0.964 bits per heavy atom. The third kappa shape index (κ3) is 3.68. The normalized spacial score (nSPS) is 13.5. The van der Waals surface area contributed by atoms with Crippen LogP contribution >= 0.6 is 15.9 Å². The molecule has 3 aromatic rings. The predicted molar refractivity (Wildman–Crippen MR) is 112 cm³/mol. The van der Waals surface area contributed by atoms with E-state index < -0.39 is 12.1 Å². The minimum absolute atomic E-state index is 0.0124. The number of carbonyl (C=O) groups excluding carboxylic acids is 1. The quantitative estimate of drug-likeness (QED) is 0.588. The molecule has 1 atom stereocenters. The molecule has 0 radical (unpaired) electrons. The molecular weight excluding hydrogens is 418 g/mol. The van der Waals surface area contributed by atoms with E-state index in [-0.39, 0.29) is 19.1 Å². The number of rotatable bonds is 5. The first-order valence-electron chi connectivity index (χ1n) is 9.15. The lowest BCUT2D eigenvalue weighted by molar-refractivity contribution is 0.132. The van der Waals surface area contributed by atoms with Gasteiger partial charge in [0.15, 0.2) is 0 Å². The Morgan fingerprint density at radius 2 is 1.54 bits per heavy atom. The Hall–Kier alpha value is -2.63. The first-order valence-corrected chi connectivity index (χ1v) is 9.94. The zero-order valence-corrected chi connectivity index (χ0v) is 16.7. The van der Waals surface area contributed by atoms with E-state index in [2.05, 4.69) is 45.5 Å². The van der Waals surface area contributed by atoms with Crippen molar-refractivity contribution in [3.05, 3.63) is 94.0 Å².